The molecule has 1 unspecified atom stereocenters. The first kappa shape index (κ1) is 14.0. The Morgan fingerprint density at radius 2 is 2.32 bits per heavy atom. The molecule has 4 N–H and O–H groups in total. The Morgan fingerprint density at radius 1 is 1.58 bits per heavy atom. The Bertz CT molecular complexity index is 490. The van der Waals surface area contributed by atoms with Gasteiger partial charge >= 0.3 is 5.69 Å². The Balaban J connectivity index is 2.33. The van der Waals surface area contributed by atoms with E-state index in [1.807, 2.05) is 6.92 Å². The minimum Gasteiger partial charge on any atom is -0.394 e. The SMILES string of the molecule is CCCC1[C@H](n2ccc(N)nc2=O)O[C@H](CO)[C@H]1O. The number of nitrogen functional groups attached to an aromatic ring is 1. The van der Waals surface area contributed by atoms with Gasteiger partial charge < -0.3 is 20.7 Å². The van der Waals surface area contributed by atoms with Gasteiger partial charge in [0.25, 0.3) is 0 Å². The summed E-state index contributed by atoms with van der Waals surface area (Å²) in [6.07, 6.45) is 0.957. The fraction of sp³-hybridized carbons (Fsp3) is 0.667. The molecule has 7 nitrogen and oxygen atoms in total. The molecule has 19 heavy (non-hydrogen) atoms. The van der Waals surface area contributed by atoms with Crippen LogP contribution in [0.1, 0.15) is 26.0 Å². The van der Waals surface area contributed by atoms with E-state index in [0.29, 0.717) is 6.42 Å². The van der Waals surface area contributed by atoms with Crippen molar-refractivity contribution >= 4 is 5.82 Å². The number of nitrogens with two attached hydrogens (primary N) is 1. The van der Waals surface area contributed by atoms with Gasteiger partial charge in [0, 0.05) is 12.1 Å². The van der Waals surface area contributed by atoms with Crippen molar-refractivity contribution in [2.45, 2.75) is 38.2 Å². The van der Waals surface area contributed by atoms with Gasteiger partial charge in [-0.05, 0) is 12.5 Å². The highest BCUT2D eigenvalue weighted by Gasteiger charge is 2.43. The van der Waals surface area contributed by atoms with Crippen LogP contribution in [0, 0.1) is 5.92 Å². The van der Waals surface area contributed by atoms with E-state index < -0.39 is 24.1 Å². The van der Waals surface area contributed by atoms with Crippen LogP contribution in [0.15, 0.2) is 17.1 Å². The molecule has 1 aliphatic heterocycles. The van der Waals surface area contributed by atoms with E-state index in [0.717, 1.165) is 6.42 Å². The molecule has 1 saturated heterocycles. The number of ether oxygens (including phenoxy) is 1. The van der Waals surface area contributed by atoms with Gasteiger partial charge in [0.05, 0.1) is 12.7 Å². The molecule has 7 heteroatoms. The number of aromatic nitrogens is 2. The summed E-state index contributed by atoms with van der Waals surface area (Å²) in [5, 5.41) is 19.3. The molecule has 1 aromatic rings. The molecule has 2 rings (SSSR count). The molecule has 0 aromatic carbocycles. The molecule has 2 heterocycles. The first-order chi connectivity index (χ1) is 9.08. The molecule has 0 saturated carbocycles. The lowest BCUT2D eigenvalue weighted by Crippen LogP contribution is -2.32. The van der Waals surface area contributed by atoms with E-state index in [2.05, 4.69) is 4.98 Å². The molecule has 0 radical (unpaired) electrons. The lowest BCUT2D eigenvalue weighted by Gasteiger charge is -2.21. The number of aliphatic hydroxyl groups is 2. The largest absolute Gasteiger partial charge is 0.394 e. The first-order valence-electron chi connectivity index (χ1n) is 6.37. The first-order valence-corrected chi connectivity index (χ1v) is 6.37. The van der Waals surface area contributed by atoms with Crippen LogP contribution >= 0.6 is 0 Å². The minimum absolute atomic E-state index is 0.144. The van der Waals surface area contributed by atoms with Gasteiger partial charge in [0.2, 0.25) is 0 Å². The van der Waals surface area contributed by atoms with Gasteiger partial charge in [0.1, 0.15) is 18.1 Å². The highest BCUT2D eigenvalue weighted by Crippen LogP contribution is 2.36. The van der Waals surface area contributed by atoms with Crippen LogP contribution in [0.3, 0.4) is 0 Å². The normalized spacial score (nSPS) is 30.7. The van der Waals surface area contributed by atoms with Crippen LogP contribution in [0.25, 0.3) is 0 Å². The quantitative estimate of drug-likeness (QED) is 0.679. The van der Waals surface area contributed by atoms with Gasteiger partial charge in [-0.15, -0.1) is 0 Å². The van der Waals surface area contributed by atoms with Crippen molar-refractivity contribution in [1.82, 2.24) is 9.55 Å². The third kappa shape index (κ3) is 2.63. The van der Waals surface area contributed by atoms with Crippen LogP contribution in [-0.4, -0.2) is 38.6 Å². The molecule has 4 atom stereocenters. The molecule has 1 fully saturated rings. The molecular weight excluding hydrogens is 250 g/mol. The number of nitrogens with zero attached hydrogens (tertiary/aromatic N) is 2. The predicted molar refractivity (Wildman–Crippen MR) is 68.3 cm³/mol. The summed E-state index contributed by atoms with van der Waals surface area (Å²) in [7, 11) is 0. The zero-order chi connectivity index (χ0) is 14.0. The molecule has 0 aliphatic carbocycles. The van der Waals surface area contributed by atoms with E-state index >= 15 is 0 Å². The van der Waals surface area contributed by atoms with Gasteiger partial charge in [-0.25, -0.2) is 4.79 Å². The average Bonchev–Trinajstić information content (AvgIpc) is 2.68. The summed E-state index contributed by atoms with van der Waals surface area (Å²) in [5.74, 6) is -0.101. The monoisotopic (exact) mass is 269 g/mol. The Kier molecular flexibility index (Phi) is 4.18. The van der Waals surface area contributed by atoms with Gasteiger partial charge in [-0.1, -0.05) is 13.3 Å². The van der Waals surface area contributed by atoms with Crippen LogP contribution < -0.4 is 11.4 Å². The number of rotatable bonds is 4. The summed E-state index contributed by atoms with van der Waals surface area (Å²) in [6, 6.07) is 1.51. The molecule has 0 amide bonds. The van der Waals surface area contributed by atoms with Crippen LogP contribution in [0.4, 0.5) is 5.82 Å². The third-order valence-corrected chi connectivity index (χ3v) is 3.43. The lowest BCUT2D eigenvalue weighted by molar-refractivity contribution is -0.0482. The summed E-state index contributed by atoms with van der Waals surface area (Å²) in [4.78, 5) is 15.5. The highest BCUT2D eigenvalue weighted by molar-refractivity contribution is 5.23. The molecular formula is C12H19N3O4. The standard InChI is InChI=1S/C12H19N3O4/c1-2-3-7-10(17)8(6-16)19-11(7)15-5-4-9(13)14-12(15)18/h4-5,7-8,10-11,16-17H,2-3,6H2,1H3,(H2,13,14,18)/t7?,8-,10+,11-/m1/s1. The number of hydrogen-bond acceptors (Lipinski definition) is 6. The van der Waals surface area contributed by atoms with E-state index in [-0.39, 0.29) is 18.3 Å². The summed E-state index contributed by atoms with van der Waals surface area (Å²) >= 11 is 0. The average molecular weight is 269 g/mol. The second-order valence-corrected chi connectivity index (χ2v) is 4.73. The lowest BCUT2D eigenvalue weighted by atomic mass is 9.95. The maximum absolute atomic E-state index is 11.8. The molecule has 0 bridgehead atoms. The molecule has 1 aromatic heterocycles. The van der Waals surface area contributed by atoms with Crippen molar-refractivity contribution in [1.29, 1.82) is 0 Å². The number of aliphatic hydroxyl groups excluding tert-OH is 2. The topological polar surface area (TPSA) is 111 Å². The maximum atomic E-state index is 11.8. The summed E-state index contributed by atoms with van der Waals surface area (Å²) in [6.45, 7) is 1.70. The van der Waals surface area contributed by atoms with Crippen LogP contribution in [0.2, 0.25) is 0 Å². The highest BCUT2D eigenvalue weighted by atomic mass is 16.5. The summed E-state index contributed by atoms with van der Waals surface area (Å²) < 4.78 is 6.89. The second-order valence-electron chi connectivity index (χ2n) is 4.73. The zero-order valence-electron chi connectivity index (χ0n) is 10.8. The van der Waals surface area contributed by atoms with Gasteiger partial charge in [-0.3, -0.25) is 4.57 Å². The van der Waals surface area contributed by atoms with Crippen LogP contribution in [-0.2, 0) is 4.74 Å². The Hall–Kier alpha value is -1.44. The van der Waals surface area contributed by atoms with Crippen molar-refractivity contribution in [3.63, 3.8) is 0 Å². The summed E-state index contributed by atoms with van der Waals surface area (Å²) in [5.41, 5.74) is 4.93. The van der Waals surface area contributed by atoms with E-state index in [4.69, 9.17) is 10.5 Å². The number of hydrogen-bond donors (Lipinski definition) is 3. The third-order valence-electron chi connectivity index (χ3n) is 3.43. The second kappa shape index (κ2) is 5.68. The zero-order valence-corrected chi connectivity index (χ0v) is 10.8. The Labute approximate surface area is 110 Å². The maximum Gasteiger partial charge on any atom is 0.351 e. The van der Waals surface area contributed by atoms with Crippen molar-refractivity contribution in [3.8, 4) is 0 Å². The van der Waals surface area contributed by atoms with E-state index in [1.165, 1.54) is 16.8 Å². The minimum atomic E-state index is -0.792. The molecule has 1 aliphatic rings. The van der Waals surface area contributed by atoms with Crippen molar-refractivity contribution < 1.29 is 14.9 Å². The smallest absolute Gasteiger partial charge is 0.351 e. The van der Waals surface area contributed by atoms with E-state index in [9.17, 15) is 15.0 Å². The van der Waals surface area contributed by atoms with Crippen LogP contribution in [0.5, 0.6) is 0 Å². The van der Waals surface area contributed by atoms with Crippen molar-refractivity contribution in [2.75, 3.05) is 12.3 Å². The van der Waals surface area contributed by atoms with Gasteiger partial charge in [-0.2, -0.15) is 4.98 Å². The Morgan fingerprint density at radius 3 is 2.89 bits per heavy atom. The van der Waals surface area contributed by atoms with E-state index in [1.54, 1.807) is 0 Å². The molecule has 0 spiro atoms. The predicted octanol–water partition coefficient (Wildman–Crippen LogP) is -0.508. The number of anilines is 1. The fourth-order valence-electron chi connectivity index (χ4n) is 2.49. The van der Waals surface area contributed by atoms with Crippen molar-refractivity contribution in [3.05, 3.63) is 22.7 Å². The molecule has 106 valence electrons. The van der Waals surface area contributed by atoms with Crippen molar-refractivity contribution in [2.24, 2.45) is 5.92 Å². The fourth-order valence-corrected chi connectivity index (χ4v) is 2.49. The van der Waals surface area contributed by atoms with Gasteiger partial charge in [0.15, 0.2) is 0 Å².